The number of rotatable bonds is 6. The van der Waals surface area contributed by atoms with Gasteiger partial charge in [-0.05, 0) is 18.4 Å². The minimum atomic E-state index is -0.223. The van der Waals surface area contributed by atoms with Gasteiger partial charge in [-0.3, -0.25) is 10.1 Å². The Kier molecular flexibility index (Phi) is 5.15. The molecular weight excluding hydrogens is 252 g/mol. The van der Waals surface area contributed by atoms with E-state index in [1.165, 1.54) is 0 Å². The van der Waals surface area contributed by atoms with Gasteiger partial charge in [0.25, 0.3) is 0 Å². The normalized spacial score (nSPS) is 20.7. The lowest BCUT2D eigenvalue weighted by Gasteiger charge is -2.30. The lowest BCUT2D eigenvalue weighted by atomic mass is 10.0. The molecule has 0 spiro atoms. The predicted octanol–water partition coefficient (Wildman–Crippen LogP) is 2.18. The molecule has 1 aromatic carbocycles. The highest BCUT2D eigenvalue weighted by atomic mass is 16.5. The zero-order valence-corrected chi connectivity index (χ0v) is 12.5. The predicted molar refractivity (Wildman–Crippen MR) is 79.2 cm³/mol. The molecule has 110 valence electrons. The summed E-state index contributed by atoms with van der Waals surface area (Å²) in [5, 5.41) is 3.31. The van der Waals surface area contributed by atoms with Crippen LogP contribution in [0.15, 0.2) is 30.3 Å². The van der Waals surface area contributed by atoms with Crippen LogP contribution in [-0.4, -0.2) is 36.7 Å². The third kappa shape index (κ3) is 3.19. The number of amides is 1. The van der Waals surface area contributed by atoms with Crippen molar-refractivity contribution in [2.45, 2.75) is 32.9 Å². The Hall–Kier alpha value is -1.39. The van der Waals surface area contributed by atoms with E-state index in [2.05, 4.69) is 19.2 Å². The summed E-state index contributed by atoms with van der Waals surface area (Å²) in [4.78, 5) is 14.5. The number of hydrogen-bond acceptors (Lipinski definition) is 3. The van der Waals surface area contributed by atoms with Crippen LogP contribution in [0.5, 0.6) is 0 Å². The van der Waals surface area contributed by atoms with Gasteiger partial charge in [-0.1, -0.05) is 44.2 Å². The van der Waals surface area contributed by atoms with Crippen LogP contribution in [-0.2, 0) is 9.53 Å². The molecular formula is C16H24N2O2. The number of carbonyl (C=O) groups is 1. The van der Waals surface area contributed by atoms with Crippen molar-refractivity contribution in [1.29, 1.82) is 0 Å². The van der Waals surface area contributed by atoms with Gasteiger partial charge in [-0.25, -0.2) is 0 Å². The Bertz CT molecular complexity index is 433. The summed E-state index contributed by atoms with van der Waals surface area (Å²) in [6.45, 7) is 8.12. The summed E-state index contributed by atoms with van der Waals surface area (Å²) in [6.07, 6.45) is 0. The topological polar surface area (TPSA) is 41.6 Å². The monoisotopic (exact) mass is 276 g/mol. The van der Waals surface area contributed by atoms with Gasteiger partial charge in [0.05, 0.1) is 19.3 Å². The molecule has 1 amide bonds. The second-order valence-corrected chi connectivity index (χ2v) is 5.48. The Morgan fingerprint density at radius 2 is 2.05 bits per heavy atom. The van der Waals surface area contributed by atoms with Gasteiger partial charge in [0.1, 0.15) is 6.04 Å². The van der Waals surface area contributed by atoms with E-state index >= 15 is 0 Å². The van der Waals surface area contributed by atoms with Crippen LogP contribution in [0.25, 0.3) is 0 Å². The quantitative estimate of drug-likeness (QED) is 0.866. The Morgan fingerprint density at radius 1 is 1.35 bits per heavy atom. The Labute approximate surface area is 121 Å². The molecule has 2 atom stereocenters. The number of benzene rings is 1. The van der Waals surface area contributed by atoms with Crippen LogP contribution in [0.2, 0.25) is 0 Å². The lowest BCUT2D eigenvalue weighted by Crippen LogP contribution is -2.44. The zero-order valence-electron chi connectivity index (χ0n) is 12.5. The fourth-order valence-electron chi connectivity index (χ4n) is 2.59. The highest BCUT2D eigenvalue weighted by Crippen LogP contribution is 2.24. The summed E-state index contributed by atoms with van der Waals surface area (Å²) in [5.74, 6) is 0.524. The fourth-order valence-corrected chi connectivity index (χ4v) is 2.59. The van der Waals surface area contributed by atoms with E-state index < -0.39 is 0 Å². The van der Waals surface area contributed by atoms with E-state index in [1.54, 1.807) is 0 Å². The second-order valence-electron chi connectivity index (χ2n) is 5.48. The minimum Gasteiger partial charge on any atom is -0.380 e. The zero-order chi connectivity index (χ0) is 14.5. The van der Waals surface area contributed by atoms with Crippen LogP contribution < -0.4 is 5.32 Å². The van der Waals surface area contributed by atoms with Crippen LogP contribution in [0, 0.1) is 5.92 Å². The summed E-state index contributed by atoms with van der Waals surface area (Å²) >= 11 is 0. The molecule has 4 nitrogen and oxygen atoms in total. The highest BCUT2D eigenvalue weighted by Gasteiger charge is 2.37. The molecule has 1 aliphatic rings. The Balaban J connectivity index is 2.09. The SMILES string of the molecule is CCOCC(C(C)C)N1CNC(c2ccccc2)C1=O. The van der Waals surface area contributed by atoms with Crippen molar-refractivity contribution in [3.63, 3.8) is 0 Å². The Morgan fingerprint density at radius 3 is 2.65 bits per heavy atom. The molecule has 0 saturated carbocycles. The first-order chi connectivity index (χ1) is 9.65. The summed E-state index contributed by atoms with van der Waals surface area (Å²) in [5.41, 5.74) is 1.03. The van der Waals surface area contributed by atoms with E-state index in [0.29, 0.717) is 25.8 Å². The molecule has 1 aromatic rings. The van der Waals surface area contributed by atoms with Crippen molar-refractivity contribution < 1.29 is 9.53 Å². The van der Waals surface area contributed by atoms with Gasteiger partial charge in [-0.15, -0.1) is 0 Å². The summed E-state index contributed by atoms with van der Waals surface area (Å²) in [7, 11) is 0. The van der Waals surface area contributed by atoms with Gasteiger partial charge in [0, 0.05) is 6.61 Å². The maximum absolute atomic E-state index is 12.6. The highest BCUT2D eigenvalue weighted by molar-refractivity contribution is 5.85. The van der Waals surface area contributed by atoms with Crippen molar-refractivity contribution in [2.75, 3.05) is 19.9 Å². The van der Waals surface area contributed by atoms with Gasteiger partial charge in [-0.2, -0.15) is 0 Å². The number of nitrogens with one attached hydrogen (secondary N) is 1. The standard InChI is InChI=1S/C16H24N2O2/c1-4-20-10-14(12(2)3)18-11-17-15(16(18)19)13-8-6-5-7-9-13/h5-9,12,14-15,17H,4,10-11H2,1-3H3. The molecule has 0 radical (unpaired) electrons. The van der Waals surface area contributed by atoms with Gasteiger partial charge in [0.2, 0.25) is 5.91 Å². The first-order valence-corrected chi connectivity index (χ1v) is 7.31. The third-order valence-corrected chi connectivity index (χ3v) is 3.79. The third-order valence-electron chi connectivity index (χ3n) is 3.79. The maximum atomic E-state index is 12.6. The van der Waals surface area contributed by atoms with Crippen molar-refractivity contribution >= 4 is 5.91 Å². The van der Waals surface area contributed by atoms with E-state index in [0.717, 1.165) is 5.56 Å². The van der Waals surface area contributed by atoms with Crippen molar-refractivity contribution in [1.82, 2.24) is 10.2 Å². The number of ether oxygens (including phenoxy) is 1. The van der Waals surface area contributed by atoms with E-state index in [-0.39, 0.29) is 18.0 Å². The van der Waals surface area contributed by atoms with Crippen molar-refractivity contribution in [3.05, 3.63) is 35.9 Å². The van der Waals surface area contributed by atoms with Gasteiger partial charge >= 0.3 is 0 Å². The molecule has 1 aliphatic heterocycles. The van der Waals surface area contributed by atoms with Gasteiger partial charge in [0.15, 0.2) is 0 Å². The maximum Gasteiger partial charge on any atom is 0.245 e. The molecule has 2 rings (SSSR count). The molecule has 0 aliphatic carbocycles. The number of carbonyl (C=O) groups excluding carboxylic acids is 1. The van der Waals surface area contributed by atoms with E-state index in [4.69, 9.17) is 4.74 Å². The molecule has 20 heavy (non-hydrogen) atoms. The van der Waals surface area contributed by atoms with Crippen LogP contribution in [0.1, 0.15) is 32.4 Å². The van der Waals surface area contributed by atoms with Crippen LogP contribution >= 0.6 is 0 Å². The smallest absolute Gasteiger partial charge is 0.245 e. The first kappa shape index (κ1) is 15.0. The number of nitrogens with zero attached hydrogens (tertiary/aromatic N) is 1. The largest absolute Gasteiger partial charge is 0.380 e. The van der Waals surface area contributed by atoms with Gasteiger partial charge < -0.3 is 9.64 Å². The molecule has 0 bridgehead atoms. The van der Waals surface area contributed by atoms with Crippen LogP contribution in [0.3, 0.4) is 0 Å². The summed E-state index contributed by atoms with van der Waals surface area (Å²) < 4.78 is 5.54. The average molecular weight is 276 g/mol. The lowest BCUT2D eigenvalue weighted by molar-refractivity contribution is -0.133. The summed E-state index contributed by atoms with van der Waals surface area (Å²) in [6, 6.07) is 9.79. The average Bonchev–Trinajstić information content (AvgIpc) is 2.82. The minimum absolute atomic E-state index is 0.128. The fraction of sp³-hybridized carbons (Fsp3) is 0.562. The molecule has 4 heteroatoms. The molecule has 0 aromatic heterocycles. The molecule has 1 saturated heterocycles. The first-order valence-electron chi connectivity index (χ1n) is 7.31. The molecule has 2 unspecified atom stereocenters. The van der Waals surface area contributed by atoms with Crippen LogP contribution in [0.4, 0.5) is 0 Å². The molecule has 1 fully saturated rings. The number of hydrogen-bond donors (Lipinski definition) is 1. The van der Waals surface area contributed by atoms with Crippen molar-refractivity contribution in [3.8, 4) is 0 Å². The van der Waals surface area contributed by atoms with E-state index in [1.807, 2.05) is 42.2 Å². The molecule has 1 heterocycles. The molecule has 1 N–H and O–H groups in total. The second kappa shape index (κ2) is 6.86. The van der Waals surface area contributed by atoms with Crippen molar-refractivity contribution in [2.24, 2.45) is 5.92 Å². The van der Waals surface area contributed by atoms with E-state index in [9.17, 15) is 4.79 Å².